The van der Waals surface area contributed by atoms with Crippen LogP contribution in [0.5, 0.6) is 0 Å². The Hall–Kier alpha value is -2.17. The predicted octanol–water partition coefficient (Wildman–Crippen LogP) is 1.93. The maximum absolute atomic E-state index is 12.0. The van der Waals surface area contributed by atoms with Gasteiger partial charge in [0.15, 0.2) is 0 Å². The average Bonchev–Trinajstić information content (AvgIpc) is 2.62. The molecule has 3 rings (SSSR count). The molecular weight excluding hydrogens is 246 g/mol. The molecule has 1 fully saturated rings. The van der Waals surface area contributed by atoms with E-state index in [1.54, 1.807) is 31.2 Å². The van der Waals surface area contributed by atoms with Gasteiger partial charge < -0.3 is 4.84 Å². The van der Waals surface area contributed by atoms with Crippen LogP contribution in [-0.4, -0.2) is 22.8 Å². The number of hydrogen-bond acceptors (Lipinski definition) is 4. The van der Waals surface area contributed by atoms with Crippen LogP contribution in [0.3, 0.4) is 0 Å². The van der Waals surface area contributed by atoms with E-state index in [1.165, 1.54) is 0 Å². The van der Waals surface area contributed by atoms with E-state index in [-0.39, 0.29) is 11.1 Å². The molecule has 0 unspecified atom stereocenters. The minimum Gasteiger partial charge on any atom is -0.329 e. The Kier molecular flexibility index (Phi) is 2.45. The fraction of sp³-hybridized carbons (Fsp3) is 0.357. The number of carbonyl (C=O) groups is 3. The molecule has 0 N–H and O–H groups in total. The molecule has 0 atom stereocenters. The first kappa shape index (κ1) is 11.9. The summed E-state index contributed by atoms with van der Waals surface area (Å²) >= 11 is 0. The van der Waals surface area contributed by atoms with Gasteiger partial charge in [-0.15, -0.1) is 0 Å². The Morgan fingerprint density at radius 3 is 2.11 bits per heavy atom. The zero-order chi connectivity index (χ0) is 13.6. The lowest BCUT2D eigenvalue weighted by molar-refractivity contribution is -0.185. The highest BCUT2D eigenvalue weighted by Gasteiger charge is 2.45. The first-order valence-electron chi connectivity index (χ1n) is 6.23. The molecular formula is C14H13NO4. The van der Waals surface area contributed by atoms with Crippen molar-refractivity contribution in [2.24, 2.45) is 5.41 Å². The molecule has 1 aliphatic carbocycles. The summed E-state index contributed by atoms with van der Waals surface area (Å²) in [6, 6.07) is 6.44. The van der Waals surface area contributed by atoms with Crippen LogP contribution in [0.4, 0.5) is 0 Å². The van der Waals surface area contributed by atoms with E-state index in [1.807, 2.05) is 0 Å². The van der Waals surface area contributed by atoms with Crippen molar-refractivity contribution in [2.75, 3.05) is 0 Å². The minimum atomic E-state index is -0.572. The van der Waals surface area contributed by atoms with Crippen LogP contribution in [0.25, 0.3) is 0 Å². The van der Waals surface area contributed by atoms with E-state index in [0.29, 0.717) is 5.06 Å². The van der Waals surface area contributed by atoms with Gasteiger partial charge in [0.25, 0.3) is 11.8 Å². The first-order valence-corrected chi connectivity index (χ1v) is 6.23. The van der Waals surface area contributed by atoms with Crippen LogP contribution in [0, 0.1) is 5.41 Å². The quantitative estimate of drug-likeness (QED) is 0.761. The third-order valence-electron chi connectivity index (χ3n) is 3.88. The Morgan fingerprint density at radius 2 is 1.68 bits per heavy atom. The molecule has 0 aromatic heterocycles. The summed E-state index contributed by atoms with van der Waals surface area (Å²) in [5.74, 6) is -1.65. The number of fused-ring (bicyclic) bond motifs is 1. The van der Waals surface area contributed by atoms with E-state index in [9.17, 15) is 14.4 Å². The van der Waals surface area contributed by atoms with Crippen LogP contribution in [-0.2, 0) is 9.63 Å². The van der Waals surface area contributed by atoms with Crippen molar-refractivity contribution >= 4 is 17.8 Å². The van der Waals surface area contributed by atoms with Gasteiger partial charge in [-0.3, -0.25) is 9.59 Å². The lowest BCUT2D eigenvalue weighted by atomic mass is 9.71. The van der Waals surface area contributed by atoms with Crippen molar-refractivity contribution in [3.63, 3.8) is 0 Å². The van der Waals surface area contributed by atoms with E-state index < -0.39 is 23.2 Å². The molecule has 0 saturated heterocycles. The van der Waals surface area contributed by atoms with E-state index in [2.05, 4.69) is 0 Å². The summed E-state index contributed by atoms with van der Waals surface area (Å²) in [5, 5.41) is 0.580. The molecule has 2 aliphatic rings. The monoisotopic (exact) mass is 259 g/mol. The molecule has 98 valence electrons. The maximum Gasteiger partial charge on any atom is 0.339 e. The van der Waals surface area contributed by atoms with E-state index >= 15 is 0 Å². The summed E-state index contributed by atoms with van der Waals surface area (Å²) in [4.78, 5) is 41.0. The molecule has 2 amide bonds. The highest BCUT2D eigenvalue weighted by atomic mass is 16.7. The molecule has 1 aromatic carbocycles. The number of nitrogens with zero attached hydrogens (tertiary/aromatic N) is 1. The molecule has 5 heteroatoms. The zero-order valence-electron chi connectivity index (χ0n) is 10.5. The highest BCUT2D eigenvalue weighted by Crippen LogP contribution is 2.41. The van der Waals surface area contributed by atoms with E-state index in [4.69, 9.17) is 4.84 Å². The van der Waals surface area contributed by atoms with Gasteiger partial charge in [0.2, 0.25) is 0 Å². The summed E-state index contributed by atoms with van der Waals surface area (Å²) in [6.45, 7) is 1.79. The molecule has 5 nitrogen and oxygen atoms in total. The van der Waals surface area contributed by atoms with E-state index in [0.717, 1.165) is 19.3 Å². The lowest BCUT2D eigenvalue weighted by Gasteiger charge is -2.35. The van der Waals surface area contributed by atoms with Gasteiger partial charge >= 0.3 is 5.97 Å². The van der Waals surface area contributed by atoms with Gasteiger partial charge in [-0.05, 0) is 31.9 Å². The minimum absolute atomic E-state index is 0.277. The largest absolute Gasteiger partial charge is 0.339 e. The molecule has 1 aromatic rings. The maximum atomic E-state index is 12.0. The van der Waals surface area contributed by atoms with Gasteiger partial charge in [0.1, 0.15) is 0 Å². The fourth-order valence-electron chi connectivity index (χ4n) is 2.35. The Balaban J connectivity index is 1.83. The van der Waals surface area contributed by atoms with Gasteiger partial charge in [0, 0.05) is 0 Å². The molecule has 1 saturated carbocycles. The normalized spacial score (nSPS) is 19.9. The predicted molar refractivity (Wildman–Crippen MR) is 65.0 cm³/mol. The molecule has 0 spiro atoms. The zero-order valence-corrected chi connectivity index (χ0v) is 10.5. The van der Waals surface area contributed by atoms with Crippen LogP contribution >= 0.6 is 0 Å². The lowest BCUT2D eigenvalue weighted by Crippen LogP contribution is -2.42. The van der Waals surface area contributed by atoms with Crippen molar-refractivity contribution in [2.45, 2.75) is 26.2 Å². The van der Waals surface area contributed by atoms with Crippen LogP contribution < -0.4 is 0 Å². The number of rotatable bonds is 2. The van der Waals surface area contributed by atoms with Gasteiger partial charge in [-0.2, -0.15) is 0 Å². The summed E-state index contributed by atoms with van der Waals surface area (Å²) in [5.41, 5.74) is -0.00636. The number of benzene rings is 1. The standard InChI is InChI=1S/C14H13NO4/c1-14(7-4-8-14)13(18)19-15-11(16)9-5-2-3-6-10(9)12(15)17/h2-3,5-6H,4,7-8H2,1H3. The van der Waals surface area contributed by atoms with Crippen molar-refractivity contribution in [1.29, 1.82) is 0 Å². The number of hydroxylamine groups is 2. The Labute approximate surface area is 110 Å². The van der Waals surface area contributed by atoms with Gasteiger partial charge in [0.05, 0.1) is 16.5 Å². The molecule has 0 radical (unpaired) electrons. The summed E-state index contributed by atoms with van der Waals surface area (Å²) in [6.07, 6.45) is 2.43. The van der Waals surface area contributed by atoms with Crippen LogP contribution in [0.15, 0.2) is 24.3 Å². The second kappa shape index (κ2) is 3.91. The molecule has 0 bridgehead atoms. The van der Waals surface area contributed by atoms with Crippen molar-refractivity contribution in [3.05, 3.63) is 35.4 Å². The number of carbonyl (C=O) groups excluding carboxylic acids is 3. The Morgan fingerprint density at radius 1 is 1.16 bits per heavy atom. The number of amides is 2. The highest BCUT2D eigenvalue weighted by molar-refractivity contribution is 6.20. The molecule has 1 aliphatic heterocycles. The second-order valence-electron chi connectivity index (χ2n) is 5.24. The second-order valence-corrected chi connectivity index (χ2v) is 5.24. The average molecular weight is 259 g/mol. The summed E-state index contributed by atoms with van der Waals surface area (Å²) < 4.78 is 0. The fourth-order valence-corrected chi connectivity index (χ4v) is 2.35. The number of imide groups is 1. The topological polar surface area (TPSA) is 63.7 Å². The third kappa shape index (κ3) is 1.65. The van der Waals surface area contributed by atoms with Crippen LogP contribution in [0.2, 0.25) is 0 Å². The van der Waals surface area contributed by atoms with Crippen LogP contribution in [0.1, 0.15) is 46.9 Å². The van der Waals surface area contributed by atoms with Crippen molar-refractivity contribution < 1.29 is 19.2 Å². The molecule has 1 heterocycles. The van der Waals surface area contributed by atoms with Crippen molar-refractivity contribution in [1.82, 2.24) is 5.06 Å². The number of hydrogen-bond donors (Lipinski definition) is 0. The first-order chi connectivity index (χ1) is 9.03. The smallest absolute Gasteiger partial charge is 0.329 e. The Bertz CT molecular complexity index is 554. The SMILES string of the molecule is CC1(C(=O)ON2C(=O)c3ccccc3C2=O)CCC1. The third-order valence-corrected chi connectivity index (χ3v) is 3.88. The summed E-state index contributed by atoms with van der Waals surface area (Å²) in [7, 11) is 0. The van der Waals surface area contributed by atoms with Crippen molar-refractivity contribution in [3.8, 4) is 0 Å². The van der Waals surface area contributed by atoms with Gasteiger partial charge in [-0.1, -0.05) is 23.6 Å². The van der Waals surface area contributed by atoms with Gasteiger partial charge in [-0.25, -0.2) is 4.79 Å². The molecule has 19 heavy (non-hydrogen) atoms.